The van der Waals surface area contributed by atoms with E-state index in [0.717, 1.165) is 21.7 Å². The highest BCUT2D eigenvalue weighted by atomic mass is 79.9. The molecule has 23 heavy (non-hydrogen) atoms. The fourth-order valence-electron chi connectivity index (χ4n) is 2.41. The number of amides is 1. The standard InChI is InChI=1S/C18H20BrFN2O/c1-12-5-4-6-17(13(12)2)21-18(23)11-22(3)10-14-7-8-15(19)9-16(14)20/h4-9H,10-11H2,1-3H3,(H,21,23)/p+1. The van der Waals surface area contributed by atoms with Crippen molar-refractivity contribution in [1.82, 2.24) is 0 Å². The second-order valence-corrected chi connectivity index (χ2v) is 6.76. The summed E-state index contributed by atoms with van der Waals surface area (Å²) in [6, 6.07) is 10.8. The molecule has 2 N–H and O–H groups in total. The SMILES string of the molecule is Cc1cccc(NC(=O)C[NH+](C)Cc2ccc(Br)cc2F)c1C. The van der Waals surface area contributed by atoms with Gasteiger partial charge in [-0.3, -0.25) is 4.79 Å². The molecule has 1 unspecified atom stereocenters. The van der Waals surface area contributed by atoms with Crippen molar-refractivity contribution < 1.29 is 14.1 Å². The Morgan fingerprint density at radius 3 is 2.70 bits per heavy atom. The van der Waals surface area contributed by atoms with E-state index < -0.39 is 0 Å². The van der Waals surface area contributed by atoms with Crippen LogP contribution in [-0.2, 0) is 11.3 Å². The van der Waals surface area contributed by atoms with Crippen molar-refractivity contribution in [1.29, 1.82) is 0 Å². The maximum Gasteiger partial charge on any atom is 0.279 e. The van der Waals surface area contributed by atoms with E-state index in [2.05, 4.69) is 21.2 Å². The number of likely N-dealkylation sites (N-methyl/N-ethyl adjacent to an activating group) is 1. The highest BCUT2D eigenvalue weighted by Crippen LogP contribution is 2.17. The van der Waals surface area contributed by atoms with Gasteiger partial charge in [-0.2, -0.15) is 0 Å². The number of aryl methyl sites for hydroxylation is 1. The van der Waals surface area contributed by atoms with Crippen LogP contribution in [0.2, 0.25) is 0 Å². The van der Waals surface area contributed by atoms with E-state index >= 15 is 0 Å². The molecule has 2 rings (SSSR count). The summed E-state index contributed by atoms with van der Waals surface area (Å²) in [7, 11) is 1.88. The molecule has 0 heterocycles. The van der Waals surface area contributed by atoms with Crippen molar-refractivity contribution in [3.63, 3.8) is 0 Å². The first kappa shape index (κ1) is 17.6. The van der Waals surface area contributed by atoms with Gasteiger partial charge < -0.3 is 10.2 Å². The minimum absolute atomic E-state index is 0.0753. The Bertz CT molecular complexity index is 718. The van der Waals surface area contributed by atoms with E-state index in [9.17, 15) is 9.18 Å². The zero-order valence-corrected chi connectivity index (χ0v) is 15.1. The lowest BCUT2D eigenvalue weighted by atomic mass is 10.1. The molecule has 0 bridgehead atoms. The van der Waals surface area contributed by atoms with Gasteiger partial charge in [0.2, 0.25) is 0 Å². The Labute approximate surface area is 144 Å². The van der Waals surface area contributed by atoms with Crippen LogP contribution in [0.5, 0.6) is 0 Å². The molecule has 2 aromatic rings. The van der Waals surface area contributed by atoms with Gasteiger partial charge in [0.15, 0.2) is 6.54 Å². The molecule has 0 aliphatic heterocycles. The number of benzene rings is 2. The fourth-order valence-corrected chi connectivity index (χ4v) is 2.74. The van der Waals surface area contributed by atoms with Crippen LogP contribution in [0.3, 0.4) is 0 Å². The molecule has 0 aromatic heterocycles. The molecule has 0 aliphatic rings. The Morgan fingerprint density at radius 1 is 1.26 bits per heavy atom. The number of carbonyl (C=O) groups is 1. The lowest BCUT2D eigenvalue weighted by Gasteiger charge is -2.15. The predicted octanol–water partition coefficient (Wildman–Crippen LogP) is 2.86. The molecule has 1 atom stereocenters. The maximum atomic E-state index is 13.8. The Hall–Kier alpha value is -1.72. The van der Waals surface area contributed by atoms with Gasteiger partial charge in [0.05, 0.1) is 7.05 Å². The van der Waals surface area contributed by atoms with E-state index in [1.54, 1.807) is 6.07 Å². The van der Waals surface area contributed by atoms with Crippen LogP contribution in [0.15, 0.2) is 40.9 Å². The summed E-state index contributed by atoms with van der Waals surface area (Å²) >= 11 is 3.24. The molecule has 0 radical (unpaired) electrons. The maximum absolute atomic E-state index is 13.8. The van der Waals surface area contributed by atoms with Gasteiger partial charge in [-0.25, -0.2) is 4.39 Å². The molecule has 3 nitrogen and oxygen atoms in total. The van der Waals surface area contributed by atoms with Crippen LogP contribution in [0.1, 0.15) is 16.7 Å². The van der Waals surface area contributed by atoms with Gasteiger partial charge in [0, 0.05) is 15.7 Å². The van der Waals surface area contributed by atoms with E-state index in [4.69, 9.17) is 0 Å². The smallest absolute Gasteiger partial charge is 0.279 e. The third kappa shape index (κ3) is 4.88. The van der Waals surface area contributed by atoms with E-state index in [0.29, 0.717) is 16.6 Å². The minimum atomic E-state index is -0.256. The average Bonchev–Trinajstić information content (AvgIpc) is 2.47. The monoisotopic (exact) mass is 379 g/mol. The number of hydrogen-bond donors (Lipinski definition) is 2. The third-order valence-corrected chi connectivity index (χ3v) is 4.34. The van der Waals surface area contributed by atoms with E-state index in [-0.39, 0.29) is 18.3 Å². The molecule has 2 aromatic carbocycles. The quantitative estimate of drug-likeness (QED) is 0.822. The topological polar surface area (TPSA) is 33.5 Å². The summed E-state index contributed by atoms with van der Waals surface area (Å²) in [6.45, 7) is 4.74. The molecule has 0 saturated carbocycles. The molecular formula is C18H21BrFN2O+. The van der Waals surface area contributed by atoms with Crippen LogP contribution in [0, 0.1) is 19.7 Å². The number of halogens is 2. The first-order valence-corrected chi connectivity index (χ1v) is 8.27. The van der Waals surface area contributed by atoms with Gasteiger partial charge >= 0.3 is 0 Å². The highest BCUT2D eigenvalue weighted by molar-refractivity contribution is 9.10. The van der Waals surface area contributed by atoms with Crippen molar-refractivity contribution in [2.75, 3.05) is 18.9 Å². The molecule has 5 heteroatoms. The van der Waals surface area contributed by atoms with Crippen molar-refractivity contribution in [2.24, 2.45) is 0 Å². The predicted molar refractivity (Wildman–Crippen MR) is 94.1 cm³/mol. The van der Waals surface area contributed by atoms with Gasteiger partial charge in [0.25, 0.3) is 5.91 Å². The molecule has 0 fully saturated rings. The summed E-state index contributed by atoms with van der Waals surface area (Å²) in [5.41, 5.74) is 3.64. The van der Waals surface area contributed by atoms with Crippen molar-refractivity contribution in [2.45, 2.75) is 20.4 Å². The largest absolute Gasteiger partial charge is 0.326 e. The van der Waals surface area contributed by atoms with Crippen LogP contribution >= 0.6 is 15.9 Å². The number of quaternary nitrogens is 1. The second kappa shape index (κ2) is 7.70. The summed E-state index contributed by atoms with van der Waals surface area (Å²) in [4.78, 5) is 13.1. The lowest BCUT2D eigenvalue weighted by molar-refractivity contribution is -0.885. The fraction of sp³-hybridized carbons (Fsp3) is 0.278. The zero-order chi connectivity index (χ0) is 17.0. The van der Waals surface area contributed by atoms with Crippen molar-refractivity contribution >= 4 is 27.5 Å². The minimum Gasteiger partial charge on any atom is -0.326 e. The average molecular weight is 380 g/mol. The Kier molecular flexibility index (Phi) is 5.91. The Morgan fingerprint density at radius 2 is 2.00 bits per heavy atom. The molecule has 122 valence electrons. The third-order valence-electron chi connectivity index (χ3n) is 3.85. The molecular weight excluding hydrogens is 359 g/mol. The van der Waals surface area contributed by atoms with E-state index in [1.807, 2.05) is 45.2 Å². The molecule has 0 aliphatic carbocycles. The number of anilines is 1. The van der Waals surface area contributed by atoms with Crippen LogP contribution in [0.4, 0.5) is 10.1 Å². The van der Waals surface area contributed by atoms with Gasteiger partial charge in [-0.05, 0) is 49.2 Å². The van der Waals surface area contributed by atoms with Gasteiger partial charge in [-0.1, -0.05) is 28.1 Å². The molecule has 0 saturated heterocycles. The molecule has 0 spiro atoms. The Balaban J connectivity index is 1.95. The highest BCUT2D eigenvalue weighted by Gasteiger charge is 2.14. The van der Waals surface area contributed by atoms with Crippen molar-refractivity contribution in [3.8, 4) is 0 Å². The normalized spacial score (nSPS) is 12.0. The summed E-state index contributed by atoms with van der Waals surface area (Å²) < 4.78 is 14.6. The first-order chi connectivity index (χ1) is 10.9. The lowest BCUT2D eigenvalue weighted by Crippen LogP contribution is -3.08. The summed E-state index contributed by atoms with van der Waals surface area (Å²) in [5, 5.41) is 2.93. The summed E-state index contributed by atoms with van der Waals surface area (Å²) in [6.07, 6.45) is 0. The van der Waals surface area contributed by atoms with Crippen LogP contribution in [-0.4, -0.2) is 19.5 Å². The first-order valence-electron chi connectivity index (χ1n) is 7.48. The second-order valence-electron chi connectivity index (χ2n) is 5.84. The van der Waals surface area contributed by atoms with E-state index in [1.165, 1.54) is 6.07 Å². The number of carbonyl (C=O) groups excluding carboxylic acids is 1. The number of rotatable bonds is 5. The summed E-state index contributed by atoms with van der Waals surface area (Å²) in [5.74, 6) is -0.331. The molecule has 1 amide bonds. The number of nitrogens with one attached hydrogen (secondary N) is 2. The van der Waals surface area contributed by atoms with Gasteiger partial charge in [-0.15, -0.1) is 0 Å². The zero-order valence-electron chi connectivity index (χ0n) is 13.5. The van der Waals surface area contributed by atoms with Crippen LogP contribution < -0.4 is 10.2 Å². The number of hydrogen-bond acceptors (Lipinski definition) is 1. The van der Waals surface area contributed by atoms with Crippen molar-refractivity contribution in [3.05, 3.63) is 63.4 Å². The van der Waals surface area contributed by atoms with Crippen LogP contribution in [0.25, 0.3) is 0 Å². The van der Waals surface area contributed by atoms with Gasteiger partial charge in [0.1, 0.15) is 12.4 Å².